The predicted octanol–water partition coefficient (Wildman–Crippen LogP) is 4.65. The van der Waals surface area contributed by atoms with Crippen LogP contribution in [0.3, 0.4) is 0 Å². The van der Waals surface area contributed by atoms with Gasteiger partial charge in [0.15, 0.2) is 5.76 Å². The van der Waals surface area contributed by atoms with Gasteiger partial charge in [-0.2, -0.15) is 0 Å². The summed E-state index contributed by atoms with van der Waals surface area (Å²) in [5.74, 6) is -0.00265. The summed E-state index contributed by atoms with van der Waals surface area (Å²) in [6, 6.07) is 14.6. The Balaban J connectivity index is 1.90. The SMILES string of the molecule is Cc1ccc(Cl)cc1NC(=O)c1cc2ccccc2o1. The summed E-state index contributed by atoms with van der Waals surface area (Å²) in [6.45, 7) is 1.91. The molecule has 0 radical (unpaired) electrons. The Morgan fingerprint density at radius 2 is 1.95 bits per heavy atom. The van der Waals surface area contributed by atoms with Gasteiger partial charge in [-0.05, 0) is 36.8 Å². The largest absolute Gasteiger partial charge is 0.451 e. The van der Waals surface area contributed by atoms with Crippen LogP contribution in [0.25, 0.3) is 11.0 Å². The molecule has 0 saturated carbocycles. The van der Waals surface area contributed by atoms with Crippen LogP contribution in [-0.4, -0.2) is 5.91 Å². The first-order valence-corrected chi connectivity index (χ1v) is 6.57. The number of fused-ring (bicyclic) bond motifs is 1. The Hall–Kier alpha value is -2.26. The molecule has 1 aromatic heterocycles. The molecule has 0 spiro atoms. The van der Waals surface area contributed by atoms with Crippen molar-refractivity contribution in [3.63, 3.8) is 0 Å². The maximum atomic E-state index is 12.2. The second kappa shape index (κ2) is 5.02. The predicted molar refractivity (Wildman–Crippen MR) is 80.4 cm³/mol. The molecule has 100 valence electrons. The first-order valence-electron chi connectivity index (χ1n) is 6.19. The number of anilines is 1. The van der Waals surface area contributed by atoms with Crippen LogP contribution in [0, 0.1) is 6.92 Å². The first-order chi connectivity index (χ1) is 9.63. The quantitative estimate of drug-likeness (QED) is 0.745. The van der Waals surface area contributed by atoms with Gasteiger partial charge in [0, 0.05) is 16.1 Å². The van der Waals surface area contributed by atoms with E-state index in [1.54, 1.807) is 18.2 Å². The summed E-state index contributed by atoms with van der Waals surface area (Å²) in [6.07, 6.45) is 0. The summed E-state index contributed by atoms with van der Waals surface area (Å²) in [5.41, 5.74) is 2.32. The number of carbonyl (C=O) groups excluding carboxylic acids is 1. The van der Waals surface area contributed by atoms with E-state index < -0.39 is 0 Å². The van der Waals surface area contributed by atoms with Crippen molar-refractivity contribution in [2.45, 2.75) is 6.92 Å². The molecule has 0 fully saturated rings. The van der Waals surface area contributed by atoms with Crippen molar-refractivity contribution in [3.05, 3.63) is 64.9 Å². The van der Waals surface area contributed by atoms with Crippen molar-refractivity contribution >= 4 is 34.2 Å². The third-order valence-electron chi connectivity index (χ3n) is 3.10. The minimum absolute atomic E-state index is 0.283. The van der Waals surface area contributed by atoms with Crippen molar-refractivity contribution < 1.29 is 9.21 Å². The lowest BCUT2D eigenvalue weighted by Gasteiger charge is -2.07. The zero-order valence-electron chi connectivity index (χ0n) is 10.8. The number of furan rings is 1. The van der Waals surface area contributed by atoms with E-state index in [1.165, 1.54) is 0 Å². The number of hydrogen-bond acceptors (Lipinski definition) is 2. The maximum Gasteiger partial charge on any atom is 0.291 e. The van der Waals surface area contributed by atoms with Crippen LogP contribution in [0.15, 0.2) is 52.9 Å². The van der Waals surface area contributed by atoms with Gasteiger partial charge >= 0.3 is 0 Å². The molecule has 1 N–H and O–H groups in total. The third kappa shape index (κ3) is 2.40. The average molecular weight is 286 g/mol. The van der Waals surface area contributed by atoms with E-state index in [2.05, 4.69) is 5.32 Å². The van der Waals surface area contributed by atoms with Crippen molar-refractivity contribution in [2.75, 3.05) is 5.32 Å². The number of carbonyl (C=O) groups is 1. The van der Waals surface area contributed by atoms with E-state index in [4.69, 9.17) is 16.0 Å². The molecule has 3 nitrogen and oxygen atoms in total. The highest BCUT2D eigenvalue weighted by Crippen LogP contribution is 2.23. The van der Waals surface area contributed by atoms with E-state index in [0.717, 1.165) is 10.9 Å². The minimum atomic E-state index is -0.286. The fourth-order valence-corrected chi connectivity index (χ4v) is 2.18. The van der Waals surface area contributed by atoms with Gasteiger partial charge in [-0.25, -0.2) is 0 Å². The normalized spacial score (nSPS) is 10.7. The first kappa shape index (κ1) is 12.8. The monoisotopic (exact) mass is 285 g/mol. The Kier molecular flexibility index (Phi) is 3.20. The molecule has 1 amide bonds. The third-order valence-corrected chi connectivity index (χ3v) is 3.33. The fourth-order valence-electron chi connectivity index (χ4n) is 2.01. The highest BCUT2D eigenvalue weighted by atomic mass is 35.5. The summed E-state index contributed by atoms with van der Waals surface area (Å²) >= 11 is 5.94. The highest BCUT2D eigenvalue weighted by molar-refractivity contribution is 6.31. The van der Waals surface area contributed by atoms with Gasteiger partial charge in [-0.3, -0.25) is 4.79 Å². The second-order valence-corrected chi connectivity index (χ2v) is 5.00. The number of hydrogen-bond donors (Lipinski definition) is 1. The topological polar surface area (TPSA) is 42.2 Å². The van der Waals surface area contributed by atoms with Gasteiger partial charge in [0.1, 0.15) is 5.58 Å². The van der Waals surface area contributed by atoms with Crippen LogP contribution in [0.4, 0.5) is 5.69 Å². The summed E-state index contributed by atoms with van der Waals surface area (Å²) in [7, 11) is 0. The van der Waals surface area contributed by atoms with Gasteiger partial charge in [0.25, 0.3) is 5.91 Å². The van der Waals surface area contributed by atoms with Crippen LogP contribution >= 0.6 is 11.6 Å². The molecule has 2 aromatic carbocycles. The number of para-hydroxylation sites is 1. The van der Waals surface area contributed by atoms with Crippen LogP contribution in [-0.2, 0) is 0 Å². The van der Waals surface area contributed by atoms with E-state index in [1.807, 2.05) is 37.3 Å². The Labute approximate surface area is 121 Å². The average Bonchev–Trinajstić information content (AvgIpc) is 2.87. The maximum absolute atomic E-state index is 12.2. The van der Waals surface area contributed by atoms with Gasteiger partial charge in [-0.1, -0.05) is 35.9 Å². The molecule has 20 heavy (non-hydrogen) atoms. The molecule has 3 rings (SSSR count). The van der Waals surface area contributed by atoms with Gasteiger partial charge in [0.2, 0.25) is 0 Å². The summed E-state index contributed by atoms with van der Waals surface area (Å²) < 4.78 is 5.53. The Morgan fingerprint density at radius 1 is 1.15 bits per heavy atom. The number of amides is 1. The molecule has 4 heteroatoms. The van der Waals surface area contributed by atoms with Crippen molar-refractivity contribution in [1.82, 2.24) is 0 Å². The second-order valence-electron chi connectivity index (χ2n) is 4.56. The van der Waals surface area contributed by atoms with Crippen LogP contribution in [0.1, 0.15) is 16.1 Å². The van der Waals surface area contributed by atoms with Crippen LogP contribution < -0.4 is 5.32 Å². The molecule has 0 unspecified atom stereocenters. The van der Waals surface area contributed by atoms with Crippen molar-refractivity contribution in [1.29, 1.82) is 0 Å². The van der Waals surface area contributed by atoms with Crippen molar-refractivity contribution in [2.24, 2.45) is 0 Å². The number of rotatable bonds is 2. The van der Waals surface area contributed by atoms with E-state index >= 15 is 0 Å². The van der Waals surface area contributed by atoms with Gasteiger partial charge in [0.05, 0.1) is 0 Å². The van der Waals surface area contributed by atoms with E-state index in [-0.39, 0.29) is 11.7 Å². The molecule has 1 heterocycles. The van der Waals surface area contributed by atoms with Crippen LogP contribution in [0.2, 0.25) is 5.02 Å². The minimum Gasteiger partial charge on any atom is -0.451 e. The Bertz CT molecular complexity index is 759. The number of benzene rings is 2. The molecular formula is C16H12ClNO2. The van der Waals surface area contributed by atoms with Crippen molar-refractivity contribution in [3.8, 4) is 0 Å². The molecule has 0 bridgehead atoms. The van der Waals surface area contributed by atoms with E-state index in [9.17, 15) is 4.79 Å². The lowest BCUT2D eigenvalue weighted by molar-refractivity contribution is 0.0998. The molecule has 0 saturated heterocycles. The molecule has 3 aromatic rings. The summed E-state index contributed by atoms with van der Waals surface area (Å²) in [4.78, 5) is 12.2. The zero-order chi connectivity index (χ0) is 14.1. The number of halogens is 1. The zero-order valence-corrected chi connectivity index (χ0v) is 11.6. The molecule has 0 aliphatic carbocycles. The number of nitrogens with one attached hydrogen (secondary N) is 1. The lowest BCUT2D eigenvalue weighted by Crippen LogP contribution is -2.11. The van der Waals surface area contributed by atoms with E-state index in [0.29, 0.717) is 16.3 Å². The van der Waals surface area contributed by atoms with Gasteiger partial charge in [-0.15, -0.1) is 0 Å². The molecule has 0 aliphatic rings. The summed E-state index contributed by atoms with van der Waals surface area (Å²) in [5, 5.41) is 4.29. The fraction of sp³-hybridized carbons (Fsp3) is 0.0625. The number of aryl methyl sites for hydroxylation is 1. The molecular weight excluding hydrogens is 274 g/mol. The lowest BCUT2D eigenvalue weighted by atomic mass is 10.2. The molecule has 0 aliphatic heterocycles. The standard InChI is InChI=1S/C16H12ClNO2/c1-10-6-7-12(17)9-13(10)18-16(19)15-8-11-4-2-3-5-14(11)20-15/h2-9H,1H3,(H,18,19). The smallest absolute Gasteiger partial charge is 0.291 e. The Morgan fingerprint density at radius 3 is 2.75 bits per heavy atom. The van der Waals surface area contributed by atoms with Gasteiger partial charge < -0.3 is 9.73 Å². The molecule has 0 atom stereocenters. The highest BCUT2D eigenvalue weighted by Gasteiger charge is 2.13. The van der Waals surface area contributed by atoms with Crippen LogP contribution in [0.5, 0.6) is 0 Å².